The van der Waals surface area contributed by atoms with Crippen molar-refractivity contribution < 1.29 is 19.2 Å². The molecule has 8 rings (SSSR count). The van der Waals surface area contributed by atoms with E-state index in [1.807, 2.05) is 60.7 Å². The molecule has 44 heavy (non-hydrogen) atoms. The van der Waals surface area contributed by atoms with Crippen molar-refractivity contribution in [2.75, 3.05) is 10.0 Å². The van der Waals surface area contributed by atoms with Crippen molar-refractivity contribution in [3.63, 3.8) is 0 Å². The molecule has 0 N–H and O–H groups in total. The largest absolute Gasteiger partial charge is 0.272 e. The lowest BCUT2D eigenvalue weighted by Crippen LogP contribution is -2.48. The Kier molecular flexibility index (Phi) is 5.54. The highest BCUT2D eigenvalue weighted by atomic mass is 16.2. The number of hydrogen-bond donors (Lipinski definition) is 0. The van der Waals surface area contributed by atoms with Gasteiger partial charge < -0.3 is 0 Å². The molecule has 8 nitrogen and oxygen atoms in total. The van der Waals surface area contributed by atoms with Crippen molar-refractivity contribution in [2.24, 2.45) is 33.5 Å². The van der Waals surface area contributed by atoms with Crippen molar-refractivity contribution in [1.29, 1.82) is 0 Å². The number of rotatable bonds is 4. The van der Waals surface area contributed by atoms with Crippen LogP contribution in [0.4, 0.5) is 11.4 Å². The molecule has 0 aromatic heterocycles. The van der Waals surface area contributed by atoms with Crippen LogP contribution in [0.2, 0.25) is 0 Å². The van der Waals surface area contributed by atoms with Crippen LogP contribution in [0.5, 0.6) is 0 Å². The second kappa shape index (κ2) is 8.83. The van der Waals surface area contributed by atoms with Crippen LogP contribution in [0.15, 0.2) is 72.8 Å². The van der Waals surface area contributed by atoms with E-state index in [4.69, 9.17) is 0 Å². The van der Waals surface area contributed by atoms with E-state index in [1.165, 1.54) is 12.2 Å². The summed E-state index contributed by atoms with van der Waals surface area (Å²) in [5.41, 5.74) is -0.446. The number of hydrazine groups is 2. The van der Waals surface area contributed by atoms with Gasteiger partial charge in [0.15, 0.2) is 0 Å². The van der Waals surface area contributed by atoms with Gasteiger partial charge in [0.1, 0.15) is 0 Å². The third-order valence-electron chi connectivity index (χ3n) is 13.3. The fourth-order valence-corrected chi connectivity index (χ4v) is 10.8. The van der Waals surface area contributed by atoms with Gasteiger partial charge in [0.25, 0.3) is 23.6 Å². The van der Waals surface area contributed by atoms with Gasteiger partial charge in [-0.25, -0.2) is 20.0 Å². The maximum Gasteiger partial charge on any atom is 0.265 e. The second-order valence-corrected chi connectivity index (χ2v) is 15.0. The molecule has 4 bridgehead atoms. The molecule has 4 aliphatic carbocycles. The number of para-hydroxylation sites is 2. The van der Waals surface area contributed by atoms with Crippen LogP contribution < -0.4 is 10.0 Å². The van der Waals surface area contributed by atoms with Crippen molar-refractivity contribution in [3.05, 3.63) is 72.8 Å². The number of fused-ring (bicyclic) bond motifs is 2. The number of hydrogen-bond acceptors (Lipinski definition) is 4. The monoisotopic (exact) mass is 592 g/mol. The number of amides is 4. The summed E-state index contributed by atoms with van der Waals surface area (Å²) in [6.07, 6.45) is 7.64. The molecule has 6 atom stereocenters. The van der Waals surface area contributed by atoms with Crippen LogP contribution in [-0.4, -0.2) is 45.7 Å². The van der Waals surface area contributed by atoms with E-state index in [9.17, 15) is 19.2 Å². The fraction of sp³-hybridized carbons (Fsp3) is 0.500. The average molecular weight is 593 g/mol. The minimum absolute atomic E-state index is 0.0293. The molecule has 2 aromatic rings. The van der Waals surface area contributed by atoms with Gasteiger partial charge in [-0.05, 0) is 85.5 Å². The summed E-state index contributed by atoms with van der Waals surface area (Å²) in [6.45, 7) is 8.70. The quantitative estimate of drug-likeness (QED) is 0.439. The summed E-state index contributed by atoms with van der Waals surface area (Å²) in [7, 11) is 0. The maximum atomic E-state index is 14.3. The molecule has 0 radical (unpaired) electrons. The molecular weight excluding hydrogens is 552 g/mol. The summed E-state index contributed by atoms with van der Waals surface area (Å²) in [5, 5.41) is 6.37. The number of anilines is 2. The summed E-state index contributed by atoms with van der Waals surface area (Å²) in [5.74, 6) is -0.108. The SMILES string of the molecule is CC1(C)[C@@H]2CC[C@]13C(=O)N(c1ccccc1)N(C(=O)/C=C/C(=O)N1[C@@H]4C[C@H]5CC[C@]4(C(=O)N1c1ccccc1)C5(C)C)[C@@H]3C2. The van der Waals surface area contributed by atoms with Crippen LogP contribution in [-0.2, 0) is 19.2 Å². The molecule has 2 heterocycles. The zero-order valence-corrected chi connectivity index (χ0v) is 25.9. The van der Waals surface area contributed by atoms with E-state index >= 15 is 0 Å². The minimum atomic E-state index is -0.645. The lowest BCUT2D eigenvalue weighted by atomic mass is 9.67. The van der Waals surface area contributed by atoms with Gasteiger partial charge in [-0.2, -0.15) is 0 Å². The first kappa shape index (κ1) is 27.6. The Labute approximate surface area is 258 Å². The molecule has 2 aliphatic heterocycles. The van der Waals surface area contributed by atoms with Crippen LogP contribution in [0, 0.1) is 33.5 Å². The molecule has 2 aromatic carbocycles. The summed E-state index contributed by atoms with van der Waals surface area (Å²) >= 11 is 0. The van der Waals surface area contributed by atoms with Crippen LogP contribution >= 0.6 is 0 Å². The molecule has 4 amide bonds. The minimum Gasteiger partial charge on any atom is -0.272 e. The van der Waals surface area contributed by atoms with E-state index in [2.05, 4.69) is 27.7 Å². The second-order valence-electron chi connectivity index (χ2n) is 15.0. The lowest BCUT2D eigenvalue weighted by molar-refractivity contribution is -0.131. The summed E-state index contributed by atoms with van der Waals surface area (Å²) in [4.78, 5) is 57.0. The Hall–Kier alpha value is -3.94. The Morgan fingerprint density at radius 2 is 1.00 bits per heavy atom. The van der Waals surface area contributed by atoms with Crippen molar-refractivity contribution in [3.8, 4) is 0 Å². The highest BCUT2D eigenvalue weighted by molar-refractivity contribution is 6.10. The van der Waals surface area contributed by atoms with E-state index < -0.39 is 10.8 Å². The molecule has 6 fully saturated rings. The molecule has 0 unspecified atom stereocenters. The van der Waals surface area contributed by atoms with Gasteiger partial charge in [0.2, 0.25) is 0 Å². The normalized spacial score (nSPS) is 35.7. The Bertz CT molecular complexity index is 1500. The van der Waals surface area contributed by atoms with Crippen molar-refractivity contribution >= 4 is 35.0 Å². The van der Waals surface area contributed by atoms with Gasteiger partial charge in [-0.3, -0.25) is 19.2 Å². The topological polar surface area (TPSA) is 81.2 Å². The van der Waals surface area contributed by atoms with Crippen LogP contribution in [0.1, 0.15) is 66.2 Å². The van der Waals surface area contributed by atoms with Crippen LogP contribution in [0.3, 0.4) is 0 Å². The third-order valence-corrected chi connectivity index (χ3v) is 13.3. The predicted octanol–water partition coefficient (Wildman–Crippen LogP) is 5.51. The number of carbonyl (C=O) groups is 4. The van der Waals surface area contributed by atoms with Crippen molar-refractivity contribution in [2.45, 2.75) is 78.3 Å². The lowest BCUT2D eigenvalue weighted by Gasteiger charge is -2.35. The van der Waals surface area contributed by atoms with Crippen molar-refractivity contribution in [1.82, 2.24) is 10.0 Å². The first-order chi connectivity index (χ1) is 21.0. The smallest absolute Gasteiger partial charge is 0.265 e. The van der Waals surface area contributed by atoms with Gasteiger partial charge >= 0.3 is 0 Å². The zero-order chi connectivity index (χ0) is 30.8. The number of benzene rings is 2. The Morgan fingerprint density at radius 3 is 1.34 bits per heavy atom. The highest BCUT2D eigenvalue weighted by Gasteiger charge is 2.76. The summed E-state index contributed by atoms with van der Waals surface area (Å²) < 4.78 is 0. The Morgan fingerprint density at radius 1 is 0.636 bits per heavy atom. The first-order valence-corrected chi connectivity index (χ1v) is 16.1. The molecule has 6 aliphatic rings. The number of nitrogens with zero attached hydrogens (tertiary/aromatic N) is 4. The maximum absolute atomic E-state index is 14.3. The molecule has 8 heteroatoms. The predicted molar refractivity (Wildman–Crippen MR) is 165 cm³/mol. The van der Waals surface area contributed by atoms with E-state index in [1.54, 1.807) is 20.0 Å². The zero-order valence-electron chi connectivity index (χ0n) is 25.9. The van der Waals surface area contributed by atoms with E-state index in [0.29, 0.717) is 23.2 Å². The average Bonchev–Trinajstić information content (AvgIpc) is 3.76. The van der Waals surface area contributed by atoms with Crippen LogP contribution in [0.25, 0.3) is 0 Å². The van der Waals surface area contributed by atoms with E-state index in [-0.39, 0.29) is 46.5 Å². The van der Waals surface area contributed by atoms with Gasteiger partial charge in [0.05, 0.1) is 34.3 Å². The molecule has 4 saturated carbocycles. The number of carbonyl (C=O) groups excluding carboxylic acids is 4. The third kappa shape index (κ3) is 3.04. The Balaban J connectivity index is 1.15. The molecule has 228 valence electrons. The summed E-state index contributed by atoms with van der Waals surface area (Å²) in [6, 6.07) is 18.2. The molecule has 2 spiro atoms. The first-order valence-electron chi connectivity index (χ1n) is 16.1. The van der Waals surface area contributed by atoms with Gasteiger partial charge in [-0.15, -0.1) is 0 Å². The van der Waals surface area contributed by atoms with Gasteiger partial charge in [0, 0.05) is 12.2 Å². The molecular formula is C36H40N4O4. The highest BCUT2D eigenvalue weighted by Crippen LogP contribution is 2.71. The van der Waals surface area contributed by atoms with Gasteiger partial charge in [-0.1, -0.05) is 64.1 Å². The fourth-order valence-electron chi connectivity index (χ4n) is 10.8. The standard InChI is InChI=1S/C36H40N4O4/c1-33(2)23-17-19-35(33)27(21-23)39(37(31(35)43)25-11-7-5-8-12-25)29(41)15-16-30(42)40-28-22-24-18-20-36(28,34(24,3)4)32(44)38(40)26-13-9-6-10-14-26/h5-16,23-24,27-28H,17-22H2,1-4H3/b16-15+/t23-,24-,27-,28-,35+,36+/m1/s1. The van der Waals surface area contributed by atoms with E-state index in [0.717, 1.165) is 38.5 Å². The molecule has 2 saturated heterocycles.